The Morgan fingerprint density at radius 2 is 1.67 bits per heavy atom. The highest BCUT2D eigenvalue weighted by molar-refractivity contribution is 7.89. The maximum absolute atomic E-state index is 13.4. The Labute approximate surface area is 160 Å². The number of sulfonamides is 1. The van der Waals surface area contributed by atoms with Crippen LogP contribution in [0.4, 0.5) is 0 Å². The Bertz CT molecular complexity index is 904. The third-order valence-corrected chi connectivity index (χ3v) is 7.29. The van der Waals surface area contributed by atoms with Crippen molar-refractivity contribution in [1.82, 2.24) is 14.2 Å². The van der Waals surface area contributed by atoms with Gasteiger partial charge in [0.2, 0.25) is 0 Å². The summed E-state index contributed by atoms with van der Waals surface area (Å²) in [5, 5.41) is 11.3. The summed E-state index contributed by atoms with van der Waals surface area (Å²) in [5.74, 6) is -1.45. The molecular weight excluding hydrogens is 362 g/mol. The van der Waals surface area contributed by atoms with Crippen molar-refractivity contribution in [2.75, 3.05) is 19.6 Å². The van der Waals surface area contributed by atoms with Crippen molar-refractivity contribution in [2.45, 2.75) is 43.0 Å². The average Bonchev–Trinajstić information content (AvgIpc) is 2.89. The van der Waals surface area contributed by atoms with Gasteiger partial charge in [-0.25, -0.2) is 13.4 Å². The molecule has 0 aliphatic carbocycles. The molecule has 1 N–H and O–H groups in total. The highest BCUT2D eigenvalue weighted by atomic mass is 32.2. The lowest BCUT2D eigenvalue weighted by molar-refractivity contribution is -0.201. The molecule has 1 aromatic carbocycles. The van der Waals surface area contributed by atoms with Crippen LogP contribution < -0.4 is 0 Å². The van der Waals surface area contributed by atoms with E-state index >= 15 is 0 Å². The monoisotopic (exact) mass is 387 g/mol. The standard InChI is InChI=1S/C20H25N3O3S/c24-20-13-5-2-6-14-22(20)15-8-16-23(20)27(25,26)19-12-7-11-18(21-19)17-9-3-1-4-10-17/h1,3-4,7,9-12,24H,2,5-6,8,13-16H2. The first-order chi connectivity index (χ1) is 13.0. The predicted molar refractivity (Wildman–Crippen MR) is 103 cm³/mol. The van der Waals surface area contributed by atoms with Gasteiger partial charge in [-0.2, -0.15) is 4.31 Å². The zero-order valence-electron chi connectivity index (χ0n) is 15.3. The number of hydrogen-bond acceptors (Lipinski definition) is 5. The number of pyridine rings is 1. The first-order valence-electron chi connectivity index (χ1n) is 9.55. The number of benzene rings is 1. The van der Waals surface area contributed by atoms with Crippen LogP contribution >= 0.6 is 0 Å². The van der Waals surface area contributed by atoms with Gasteiger partial charge in [-0.3, -0.25) is 4.90 Å². The highest BCUT2D eigenvalue weighted by Crippen LogP contribution is 2.36. The molecule has 27 heavy (non-hydrogen) atoms. The fourth-order valence-electron chi connectivity index (χ4n) is 4.09. The lowest BCUT2D eigenvalue weighted by Gasteiger charge is -2.48. The van der Waals surface area contributed by atoms with Crippen molar-refractivity contribution in [3.8, 4) is 11.3 Å². The summed E-state index contributed by atoms with van der Waals surface area (Å²) in [7, 11) is -3.91. The van der Waals surface area contributed by atoms with Gasteiger partial charge in [-0.15, -0.1) is 0 Å². The van der Waals surface area contributed by atoms with E-state index in [-0.39, 0.29) is 5.03 Å². The molecule has 7 heteroatoms. The lowest BCUT2D eigenvalue weighted by Crippen LogP contribution is -2.65. The third-order valence-electron chi connectivity index (χ3n) is 5.48. The van der Waals surface area contributed by atoms with E-state index < -0.39 is 15.9 Å². The second-order valence-corrected chi connectivity index (χ2v) is 9.04. The van der Waals surface area contributed by atoms with Crippen molar-refractivity contribution in [3.63, 3.8) is 0 Å². The summed E-state index contributed by atoms with van der Waals surface area (Å²) >= 11 is 0. The first kappa shape index (κ1) is 18.6. The number of aromatic nitrogens is 1. The molecule has 1 atom stereocenters. The van der Waals surface area contributed by atoms with Crippen molar-refractivity contribution < 1.29 is 13.5 Å². The molecule has 1 unspecified atom stereocenters. The van der Waals surface area contributed by atoms with Crippen LogP contribution in [0.3, 0.4) is 0 Å². The Balaban J connectivity index is 1.72. The van der Waals surface area contributed by atoms with E-state index in [0.29, 0.717) is 25.1 Å². The maximum Gasteiger partial charge on any atom is 0.264 e. The molecule has 2 saturated heterocycles. The summed E-state index contributed by atoms with van der Waals surface area (Å²) in [5.41, 5.74) is 1.47. The SMILES string of the molecule is O=S(=O)(c1cccc(-c2ccccc2)n1)N1CCCN2CCCCCC21O. The number of nitrogens with zero attached hydrogens (tertiary/aromatic N) is 3. The molecule has 3 heterocycles. The second-order valence-electron chi connectivity index (χ2n) is 7.23. The van der Waals surface area contributed by atoms with Crippen LogP contribution in [-0.2, 0) is 10.0 Å². The predicted octanol–water partition coefficient (Wildman–Crippen LogP) is 2.67. The van der Waals surface area contributed by atoms with Crippen LogP contribution in [0.1, 0.15) is 32.1 Å². The lowest BCUT2D eigenvalue weighted by atomic mass is 10.1. The molecule has 0 radical (unpaired) electrons. The molecule has 6 nitrogen and oxygen atoms in total. The minimum atomic E-state index is -3.91. The maximum atomic E-state index is 13.4. The van der Waals surface area contributed by atoms with Crippen LogP contribution in [0.25, 0.3) is 11.3 Å². The normalized spacial score (nSPS) is 24.9. The quantitative estimate of drug-likeness (QED) is 0.877. The van der Waals surface area contributed by atoms with Crippen molar-refractivity contribution in [3.05, 3.63) is 48.5 Å². The molecule has 2 fully saturated rings. The highest BCUT2D eigenvalue weighted by Gasteiger charge is 2.49. The molecule has 144 valence electrons. The van der Waals surface area contributed by atoms with E-state index in [0.717, 1.165) is 37.9 Å². The van der Waals surface area contributed by atoms with Gasteiger partial charge in [0.05, 0.1) is 5.69 Å². The van der Waals surface area contributed by atoms with E-state index in [4.69, 9.17) is 0 Å². The van der Waals surface area contributed by atoms with E-state index in [1.54, 1.807) is 12.1 Å². The van der Waals surface area contributed by atoms with Gasteiger partial charge in [0.25, 0.3) is 10.0 Å². The number of rotatable bonds is 3. The van der Waals surface area contributed by atoms with Crippen LogP contribution in [0, 0.1) is 0 Å². The molecule has 0 amide bonds. The molecule has 1 aromatic heterocycles. The third kappa shape index (κ3) is 3.40. The fraction of sp³-hybridized carbons (Fsp3) is 0.450. The molecular formula is C20H25N3O3S. The van der Waals surface area contributed by atoms with Crippen LogP contribution in [0.5, 0.6) is 0 Å². The van der Waals surface area contributed by atoms with Gasteiger partial charge in [0, 0.05) is 31.6 Å². The second kappa shape index (κ2) is 7.31. The summed E-state index contributed by atoms with van der Waals surface area (Å²) < 4.78 is 28.1. The topological polar surface area (TPSA) is 73.7 Å². The molecule has 2 aliphatic heterocycles. The fourth-order valence-corrected chi connectivity index (χ4v) is 5.74. The van der Waals surface area contributed by atoms with E-state index in [2.05, 4.69) is 4.98 Å². The van der Waals surface area contributed by atoms with Gasteiger partial charge < -0.3 is 5.11 Å². The number of aliphatic hydroxyl groups is 1. The van der Waals surface area contributed by atoms with Gasteiger partial charge >= 0.3 is 0 Å². The summed E-state index contributed by atoms with van der Waals surface area (Å²) in [6.07, 6.45) is 3.95. The average molecular weight is 388 g/mol. The van der Waals surface area contributed by atoms with Crippen LogP contribution in [0.2, 0.25) is 0 Å². The zero-order chi connectivity index (χ0) is 18.9. The summed E-state index contributed by atoms with van der Waals surface area (Å²) in [4.78, 5) is 6.34. The zero-order valence-corrected chi connectivity index (χ0v) is 16.1. The number of hydrogen-bond donors (Lipinski definition) is 1. The van der Waals surface area contributed by atoms with Crippen molar-refractivity contribution in [2.24, 2.45) is 0 Å². The van der Waals surface area contributed by atoms with Crippen LogP contribution in [-0.4, -0.2) is 53.2 Å². The molecule has 4 rings (SSSR count). The van der Waals surface area contributed by atoms with Gasteiger partial charge in [-0.05, 0) is 31.4 Å². The summed E-state index contributed by atoms with van der Waals surface area (Å²) in [6.45, 7) is 1.76. The minimum Gasteiger partial charge on any atom is -0.362 e. The molecule has 0 saturated carbocycles. The molecule has 0 spiro atoms. The Morgan fingerprint density at radius 1 is 0.889 bits per heavy atom. The molecule has 2 aromatic rings. The van der Waals surface area contributed by atoms with Gasteiger partial charge in [0.15, 0.2) is 10.9 Å². The molecule has 0 bridgehead atoms. The Kier molecular flexibility index (Phi) is 5.03. The van der Waals surface area contributed by atoms with E-state index in [9.17, 15) is 13.5 Å². The summed E-state index contributed by atoms with van der Waals surface area (Å²) in [6, 6.07) is 14.5. The Hall–Kier alpha value is -1.80. The van der Waals surface area contributed by atoms with Gasteiger partial charge in [-0.1, -0.05) is 42.8 Å². The smallest absolute Gasteiger partial charge is 0.264 e. The van der Waals surface area contributed by atoms with E-state index in [1.165, 1.54) is 10.4 Å². The minimum absolute atomic E-state index is 0.0108. The number of fused-ring (bicyclic) bond motifs is 1. The van der Waals surface area contributed by atoms with Crippen molar-refractivity contribution in [1.29, 1.82) is 0 Å². The first-order valence-corrected chi connectivity index (χ1v) is 11.0. The largest absolute Gasteiger partial charge is 0.362 e. The van der Waals surface area contributed by atoms with Gasteiger partial charge in [0.1, 0.15) is 0 Å². The molecule has 2 aliphatic rings. The van der Waals surface area contributed by atoms with E-state index in [1.807, 2.05) is 35.2 Å². The Morgan fingerprint density at radius 3 is 2.48 bits per heavy atom. The van der Waals surface area contributed by atoms with Crippen molar-refractivity contribution >= 4 is 10.0 Å². The van der Waals surface area contributed by atoms with Crippen LogP contribution in [0.15, 0.2) is 53.6 Å².